The highest BCUT2D eigenvalue weighted by Gasteiger charge is 2.42. The summed E-state index contributed by atoms with van der Waals surface area (Å²) in [5.41, 5.74) is 4.66. The molecule has 5 heterocycles. The number of cyclic esters (lactones) is 1. The summed E-state index contributed by atoms with van der Waals surface area (Å²) in [7, 11) is -5.27. The average molecular weight is 1390 g/mol. The number of ether oxygens (including phenoxy) is 3. The summed E-state index contributed by atoms with van der Waals surface area (Å²) in [6, 6.07) is 22.2. The minimum atomic E-state index is -4.67. The van der Waals surface area contributed by atoms with Gasteiger partial charge >= 0.3 is 44.1 Å². The number of nitrogens with two attached hydrogens (primary N) is 1. The van der Waals surface area contributed by atoms with Gasteiger partial charge in [0.1, 0.15) is 31.2 Å². The van der Waals surface area contributed by atoms with Crippen LogP contribution in [0.3, 0.4) is 0 Å². The lowest BCUT2D eigenvalue weighted by Gasteiger charge is -2.41. The number of hydrogen-bond donors (Lipinski definition) is 7. The molecule has 39 heteroatoms. The number of methoxy groups -OCH3 is 2. The summed E-state index contributed by atoms with van der Waals surface area (Å²) in [5.74, 6) is 1.00. The van der Waals surface area contributed by atoms with Gasteiger partial charge in [0, 0.05) is 63.3 Å². The predicted octanol–water partition coefficient (Wildman–Crippen LogP) is 6.09. The van der Waals surface area contributed by atoms with Crippen LogP contribution in [0.4, 0.5) is 44.3 Å². The molecule has 0 atom stereocenters. The first-order valence-corrected chi connectivity index (χ1v) is 32.4. The maximum absolute atomic E-state index is 12.8. The average Bonchev–Trinajstić information content (AvgIpc) is 2.63. The number of piperidine rings is 2. The van der Waals surface area contributed by atoms with Crippen LogP contribution in [0.2, 0.25) is 0 Å². The number of amides is 3. The van der Waals surface area contributed by atoms with Crippen molar-refractivity contribution in [2.24, 2.45) is 10.1 Å². The number of nitrogens with zero attached hydrogens (tertiary/aromatic N) is 3. The smallest absolute Gasteiger partial charge is 0.424 e. The van der Waals surface area contributed by atoms with Gasteiger partial charge in [-0.1, -0.05) is 40.8 Å². The lowest BCUT2D eigenvalue weighted by Crippen LogP contribution is -2.53. The normalized spacial score (nSPS) is 15.8. The number of alkyl halides is 10. The molecule has 23 nitrogen and oxygen atoms in total. The highest BCUT2D eigenvalue weighted by atomic mass is 35.7. The molecular weight excluding hydrogens is 1330 g/mol. The Morgan fingerprint density at radius 1 is 0.724 bits per heavy atom. The van der Waals surface area contributed by atoms with E-state index in [1.54, 1.807) is 53.5 Å². The van der Waals surface area contributed by atoms with Crippen molar-refractivity contribution in [2.75, 3.05) is 98.8 Å². The maximum atomic E-state index is 12.8. The summed E-state index contributed by atoms with van der Waals surface area (Å²) in [6.07, 6.45) is -11.1. The van der Waals surface area contributed by atoms with E-state index in [4.69, 9.17) is 31.0 Å². The second kappa shape index (κ2) is 36.3. The van der Waals surface area contributed by atoms with Gasteiger partial charge < -0.3 is 41.0 Å². The Balaban J connectivity index is 0.000000408. The number of carbonyl (C=O) groups excluding carboxylic acids is 4. The summed E-state index contributed by atoms with van der Waals surface area (Å²) < 4.78 is 191. The number of thiophene rings is 2. The molecule has 0 spiro atoms. The van der Waals surface area contributed by atoms with E-state index in [-0.39, 0.29) is 60.9 Å². The summed E-state index contributed by atoms with van der Waals surface area (Å²) in [6.45, 7) is -1.96. The largest absolute Gasteiger partial charge is 0.496 e. The Kier molecular flexibility index (Phi) is 32.4. The molecule has 4 aromatic rings. The van der Waals surface area contributed by atoms with E-state index in [9.17, 15) is 79.2 Å². The van der Waals surface area contributed by atoms with Gasteiger partial charge in [0.25, 0.3) is 28.1 Å². The highest BCUT2D eigenvalue weighted by Crippen LogP contribution is 2.39. The van der Waals surface area contributed by atoms with E-state index < -0.39 is 79.3 Å². The number of rotatable bonds is 18. The number of aliphatic hydroxyl groups is 1. The number of para-hydroxylation sites is 2. The first-order chi connectivity index (χ1) is 40.6. The molecule has 87 heavy (non-hydrogen) atoms. The van der Waals surface area contributed by atoms with Crippen molar-refractivity contribution in [2.45, 2.75) is 55.0 Å². The van der Waals surface area contributed by atoms with Crippen LogP contribution < -0.4 is 40.6 Å². The number of isocyanates is 1. The Morgan fingerprint density at radius 2 is 1.14 bits per heavy atom. The fraction of sp³-hybridized carbons (Fsp3) is 0.500. The molecule has 0 unspecified atom stereocenters. The zero-order valence-electron chi connectivity index (χ0n) is 46.0. The van der Waals surface area contributed by atoms with Crippen LogP contribution in [-0.2, 0) is 50.0 Å². The maximum Gasteiger partial charge on any atom is 0.424 e. The predicted molar refractivity (Wildman–Crippen MR) is 305 cm³/mol. The fourth-order valence-electron chi connectivity index (χ4n) is 7.75. The fourth-order valence-corrected chi connectivity index (χ4v) is 12.2. The number of hydrogen-bond acceptors (Lipinski definition) is 18. The zero-order valence-corrected chi connectivity index (χ0v) is 51.6. The summed E-state index contributed by atoms with van der Waals surface area (Å²) in [4.78, 5) is 47.5. The third kappa shape index (κ3) is 28.3. The van der Waals surface area contributed by atoms with Crippen molar-refractivity contribution in [3.05, 3.63) is 104 Å². The Morgan fingerprint density at radius 3 is 1.46 bits per heavy atom. The molecule has 3 fully saturated rings. The van der Waals surface area contributed by atoms with E-state index in [2.05, 4.69) is 59.0 Å². The molecule has 490 valence electrons. The molecule has 0 radical (unpaired) electrons. The van der Waals surface area contributed by atoms with Crippen molar-refractivity contribution < 1.29 is 103 Å². The molecular formula is C48H62Cl2F9N9O14S5. The molecule has 2 aromatic heterocycles. The molecule has 3 aliphatic rings. The van der Waals surface area contributed by atoms with E-state index in [0.717, 1.165) is 41.2 Å². The van der Waals surface area contributed by atoms with Gasteiger partial charge in [-0.25, -0.2) is 9.59 Å². The third-order valence-corrected chi connectivity index (χ3v) is 17.8. The van der Waals surface area contributed by atoms with Crippen molar-refractivity contribution in [3.63, 3.8) is 0 Å². The van der Waals surface area contributed by atoms with Crippen LogP contribution >= 0.6 is 45.0 Å². The van der Waals surface area contributed by atoms with Gasteiger partial charge in [0.2, 0.25) is 0 Å². The standard InChI is InChI=1S/C20H24F3N3O4S2.C18H22N2O2S.C5H7F3N2O4S.C2H5ClO.C2H4F3N.CClNO3S/c1-30-16-6-3-2-5-15(16)18(27)24-13-19(17-7-4-12-31-17)8-10-26(11-9-19)32(28,29)25-14-20(21,22)23;1-22-15-6-3-2-5-14(15)17(21)20-13-18(8-10-19-11-9-18)16-7-4-12-23-16;6-5(7,8)3-9-15(12,13)10-1-2-14-4(10)11;3-1-2-4;3-2(4,5)1-6;2-7(5,6)3-1-4/h2-7,12,25H,8-11,13-14H2,1H3,(H,24,27);2-7,12,19H,8-11,13H2,1H3,(H,20,21);9H,1-3H2;4H,1-2H2;1,6H2;. The van der Waals surface area contributed by atoms with Crippen LogP contribution in [0.1, 0.15) is 56.2 Å². The molecule has 7 rings (SSSR count). The molecule has 0 saturated carbocycles. The van der Waals surface area contributed by atoms with E-state index in [1.807, 2.05) is 35.7 Å². The van der Waals surface area contributed by atoms with E-state index in [0.29, 0.717) is 47.9 Å². The van der Waals surface area contributed by atoms with Gasteiger partial charge in [-0.2, -0.15) is 82.8 Å². The van der Waals surface area contributed by atoms with Crippen molar-refractivity contribution in [1.29, 1.82) is 0 Å². The Hall–Kier alpha value is -5.41. The van der Waals surface area contributed by atoms with E-state index in [1.165, 1.54) is 28.0 Å². The van der Waals surface area contributed by atoms with Crippen LogP contribution in [0.15, 0.2) is 88.0 Å². The number of nitrogens with one attached hydrogen (secondary N) is 5. The van der Waals surface area contributed by atoms with Gasteiger partial charge in [0.05, 0.1) is 45.0 Å². The zero-order chi connectivity index (χ0) is 65.8. The number of benzene rings is 2. The van der Waals surface area contributed by atoms with Gasteiger partial charge in [0.15, 0.2) is 0 Å². The Labute approximate surface area is 513 Å². The lowest BCUT2D eigenvalue weighted by molar-refractivity contribution is -0.122. The molecule has 2 aromatic carbocycles. The number of halogens is 11. The third-order valence-electron chi connectivity index (χ3n) is 11.9. The van der Waals surface area contributed by atoms with Crippen molar-refractivity contribution >= 4 is 98.6 Å². The van der Waals surface area contributed by atoms with Gasteiger partial charge in [-0.15, -0.1) is 34.3 Å². The van der Waals surface area contributed by atoms with Crippen LogP contribution in [0.25, 0.3) is 0 Å². The van der Waals surface area contributed by atoms with Gasteiger partial charge in [-0.3, -0.25) is 9.59 Å². The van der Waals surface area contributed by atoms with Crippen LogP contribution in [-0.4, -0.2) is 180 Å². The van der Waals surface area contributed by atoms with Crippen LogP contribution in [0, 0.1) is 0 Å². The van der Waals surface area contributed by atoms with Crippen LogP contribution in [0.5, 0.6) is 11.5 Å². The Bertz CT molecular complexity index is 3140. The van der Waals surface area contributed by atoms with Crippen molar-refractivity contribution in [1.82, 2.24) is 34.0 Å². The quantitative estimate of drug-likeness (QED) is 0.0195. The molecule has 0 aliphatic carbocycles. The second-order valence-corrected chi connectivity index (χ2v) is 25.7. The lowest BCUT2D eigenvalue weighted by atomic mass is 9.77. The van der Waals surface area contributed by atoms with Crippen molar-refractivity contribution in [3.8, 4) is 11.5 Å². The number of carbonyl (C=O) groups is 3. The number of aliphatic hydroxyl groups excluding tert-OH is 1. The highest BCUT2D eigenvalue weighted by molar-refractivity contribution is 8.12. The molecule has 8 N–H and O–H groups in total. The molecule has 3 amide bonds. The monoisotopic (exact) mass is 1390 g/mol. The molecule has 0 bridgehead atoms. The summed E-state index contributed by atoms with van der Waals surface area (Å²) in [5, 5.41) is 21.2. The first kappa shape index (κ1) is 77.7. The van der Waals surface area contributed by atoms with E-state index >= 15 is 0 Å². The minimum absolute atomic E-state index is 0.0373. The first-order valence-electron chi connectivity index (χ1n) is 25.0. The molecule has 3 aliphatic heterocycles. The van der Waals surface area contributed by atoms with Gasteiger partial charge in [-0.05, 0) is 85.9 Å². The topological polar surface area (TPSA) is 324 Å². The second-order valence-electron chi connectivity index (χ2n) is 17.8. The molecule has 3 saturated heterocycles. The summed E-state index contributed by atoms with van der Waals surface area (Å²) >= 11 is 8.21. The SMILES string of the molecule is COc1ccccc1C(=O)NCC1(c2cccs2)CCN(S(=O)(=O)NCC(F)(F)F)CC1.COc1ccccc1C(=O)NCC1(c2cccs2)CCNCC1.NCC(F)(F)F.O=C1OCCN1S(=O)(=O)NCC(F)(F)F.O=C=NS(=O)(=O)Cl.OCCCl. The minimum Gasteiger partial charge on any atom is -0.496 e.